The third-order valence-corrected chi connectivity index (χ3v) is 7.30. The van der Waals surface area contributed by atoms with Gasteiger partial charge in [0.1, 0.15) is 6.04 Å². The van der Waals surface area contributed by atoms with Crippen molar-refractivity contribution < 1.29 is 29.3 Å². The molecule has 0 saturated carbocycles. The Bertz CT molecular complexity index is 1270. The highest BCUT2D eigenvalue weighted by molar-refractivity contribution is 5.86. The minimum Gasteiger partial charge on any atom is -0.465 e. The van der Waals surface area contributed by atoms with E-state index in [1.54, 1.807) is 6.20 Å². The predicted molar refractivity (Wildman–Crippen MR) is 160 cm³/mol. The Labute approximate surface area is 246 Å². The van der Waals surface area contributed by atoms with Gasteiger partial charge >= 0.3 is 12.2 Å². The average molecular weight is 577 g/mol. The summed E-state index contributed by atoms with van der Waals surface area (Å²) in [7, 11) is 1.23. The first-order valence-electron chi connectivity index (χ1n) is 14.1. The van der Waals surface area contributed by atoms with Crippen LogP contribution in [0.3, 0.4) is 0 Å². The minimum atomic E-state index is -1.25. The van der Waals surface area contributed by atoms with Gasteiger partial charge in [0, 0.05) is 17.8 Å². The lowest BCUT2D eigenvalue weighted by Crippen LogP contribution is -2.54. The number of pyridine rings is 1. The second kappa shape index (κ2) is 16.1. The number of carboxylic acid groups (broad SMARTS) is 1. The molecule has 3 rings (SSSR count). The number of methoxy groups -OCH3 is 1. The van der Waals surface area contributed by atoms with Crippen LogP contribution in [-0.4, -0.2) is 64.6 Å². The van der Waals surface area contributed by atoms with E-state index in [1.807, 2.05) is 86.6 Å². The van der Waals surface area contributed by atoms with Crippen LogP contribution in [0.1, 0.15) is 37.8 Å². The van der Waals surface area contributed by atoms with Gasteiger partial charge in [0.25, 0.3) is 0 Å². The summed E-state index contributed by atoms with van der Waals surface area (Å²) in [4.78, 5) is 41.4. The zero-order valence-corrected chi connectivity index (χ0v) is 24.2. The molecule has 0 aliphatic heterocycles. The van der Waals surface area contributed by atoms with Crippen LogP contribution >= 0.6 is 0 Å². The number of ether oxygens (including phenoxy) is 1. The first-order valence-corrected chi connectivity index (χ1v) is 14.1. The quantitative estimate of drug-likeness (QED) is 0.193. The zero-order valence-electron chi connectivity index (χ0n) is 24.2. The van der Waals surface area contributed by atoms with Gasteiger partial charge in [-0.2, -0.15) is 0 Å². The largest absolute Gasteiger partial charge is 0.465 e. The Morgan fingerprint density at radius 3 is 2.14 bits per heavy atom. The smallest absolute Gasteiger partial charge is 0.407 e. The highest BCUT2D eigenvalue weighted by atomic mass is 16.5. The van der Waals surface area contributed by atoms with Crippen LogP contribution in [0, 0.1) is 5.92 Å². The van der Waals surface area contributed by atoms with Gasteiger partial charge < -0.3 is 30.9 Å². The van der Waals surface area contributed by atoms with Gasteiger partial charge in [0.05, 0.1) is 24.9 Å². The van der Waals surface area contributed by atoms with E-state index < -0.39 is 42.3 Å². The molecule has 5 N–H and O–H groups in total. The summed E-state index contributed by atoms with van der Waals surface area (Å²) in [6, 6.07) is 20.5. The number of aromatic nitrogens is 1. The van der Waals surface area contributed by atoms with E-state index in [1.165, 1.54) is 7.11 Å². The number of carbonyl (C=O) groups excluding carboxylic acids is 2. The lowest BCUT2D eigenvalue weighted by atomic mass is 9.92. The molecule has 10 nitrogen and oxygen atoms in total. The Kier molecular flexibility index (Phi) is 12.3. The van der Waals surface area contributed by atoms with Crippen LogP contribution in [0.25, 0.3) is 11.3 Å². The van der Waals surface area contributed by atoms with Crippen LogP contribution in [0.15, 0.2) is 79.0 Å². The van der Waals surface area contributed by atoms with Crippen molar-refractivity contribution in [1.82, 2.24) is 20.9 Å². The van der Waals surface area contributed by atoms with Crippen molar-refractivity contribution in [2.45, 2.75) is 63.8 Å². The number of carbonyl (C=O) groups is 3. The molecular formula is C32H40N4O6. The van der Waals surface area contributed by atoms with E-state index in [0.29, 0.717) is 12.8 Å². The van der Waals surface area contributed by atoms with Crippen LogP contribution in [0.2, 0.25) is 0 Å². The molecular weight excluding hydrogens is 536 g/mol. The topological polar surface area (TPSA) is 150 Å². The minimum absolute atomic E-state index is 0.0664. The van der Waals surface area contributed by atoms with Crippen molar-refractivity contribution in [2.75, 3.05) is 7.11 Å². The molecule has 0 aliphatic rings. The van der Waals surface area contributed by atoms with Crippen molar-refractivity contribution >= 4 is 18.1 Å². The third-order valence-electron chi connectivity index (χ3n) is 7.30. The SMILES string of the molecule is CC[C@H](C)[C@H](NC(=O)OC)C(=O)N[C@@H](Cc1ccc(-c2ccccn2)cc1)C[C@H](O)[C@H](Cc1ccccc1)NC(=O)O. The number of nitrogens with one attached hydrogen (secondary N) is 3. The molecule has 5 atom stereocenters. The second-order valence-electron chi connectivity index (χ2n) is 10.4. The Balaban J connectivity index is 1.84. The van der Waals surface area contributed by atoms with E-state index >= 15 is 0 Å². The Hall–Kier alpha value is -4.44. The average Bonchev–Trinajstić information content (AvgIpc) is 3.00. The predicted octanol–water partition coefficient (Wildman–Crippen LogP) is 4.18. The maximum atomic E-state index is 13.5. The summed E-state index contributed by atoms with van der Waals surface area (Å²) < 4.78 is 4.72. The molecule has 3 amide bonds. The van der Waals surface area contributed by atoms with Gasteiger partial charge in [0.2, 0.25) is 5.91 Å². The lowest BCUT2D eigenvalue weighted by molar-refractivity contribution is -0.125. The number of amides is 3. The highest BCUT2D eigenvalue weighted by Gasteiger charge is 2.31. The maximum absolute atomic E-state index is 13.5. The molecule has 0 radical (unpaired) electrons. The lowest BCUT2D eigenvalue weighted by Gasteiger charge is -2.30. The second-order valence-corrected chi connectivity index (χ2v) is 10.4. The molecule has 0 aliphatic carbocycles. The van der Waals surface area contributed by atoms with Gasteiger partial charge in [-0.05, 0) is 48.4 Å². The van der Waals surface area contributed by atoms with E-state index in [0.717, 1.165) is 22.4 Å². The van der Waals surface area contributed by atoms with Crippen LogP contribution in [0.5, 0.6) is 0 Å². The van der Waals surface area contributed by atoms with Crippen molar-refractivity contribution in [3.63, 3.8) is 0 Å². The van der Waals surface area contributed by atoms with Crippen molar-refractivity contribution in [3.05, 3.63) is 90.1 Å². The third kappa shape index (κ3) is 9.88. The number of nitrogens with zero attached hydrogens (tertiary/aromatic N) is 1. The van der Waals surface area contributed by atoms with Crippen LogP contribution in [0.4, 0.5) is 9.59 Å². The Morgan fingerprint density at radius 2 is 1.55 bits per heavy atom. The molecule has 0 fully saturated rings. The van der Waals surface area contributed by atoms with Crippen molar-refractivity contribution in [3.8, 4) is 11.3 Å². The molecule has 224 valence electrons. The highest BCUT2D eigenvalue weighted by Crippen LogP contribution is 2.20. The number of benzene rings is 2. The molecule has 1 heterocycles. The van der Waals surface area contributed by atoms with Gasteiger partial charge in [0.15, 0.2) is 0 Å². The summed E-state index contributed by atoms with van der Waals surface area (Å²) >= 11 is 0. The summed E-state index contributed by atoms with van der Waals surface area (Å²) in [5.74, 6) is -0.602. The summed E-state index contributed by atoms with van der Waals surface area (Å²) in [5.41, 5.74) is 3.53. The molecule has 0 unspecified atom stereocenters. The number of alkyl carbamates (subject to hydrolysis) is 1. The molecule has 3 aromatic rings. The molecule has 1 aromatic heterocycles. The van der Waals surface area contributed by atoms with Gasteiger partial charge in [-0.3, -0.25) is 9.78 Å². The molecule has 42 heavy (non-hydrogen) atoms. The standard InChI is InChI=1S/C32H40N4O6/c1-4-21(2)29(36-32(41)42-3)30(38)34-25(18-23-13-15-24(16-14-23)26-12-8-9-17-33-26)20-28(37)27(35-31(39)40)19-22-10-6-5-7-11-22/h5-17,21,25,27-29,35,37H,4,18-20H2,1-3H3,(H,34,38)(H,36,41)(H,39,40)/t21-,25-,27-,28-,29-/m0/s1. The van der Waals surface area contributed by atoms with Crippen LogP contribution < -0.4 is 16.0 Å². The number of hydrogen-bond donors (Lipinski definition) is 5. The fourth-order valence-electron chi connectivity index (χ4n) is 4.77. The summed E-state index contributed by atoms with van der Waals surface area (Å²) in [6.45, 7) is 3.77. The van der Waals surface area contributed by atoms with Crippen molar-refractivity contribution in [2.24, 2.45) is 5.92 Å². The van der Waals surface area contributed by atoms with Crippen LogP contribution in [-0.2, 0) is 22.4 Å². The van der Waals surface area contributed by atoms with E-state index in [-0.39, 0.29) is 18.8 Å². The first kappa shape index (κ1) is 32.1. The number of rotatable bonds is 14. The molecule has 10 heteroatoms. The fourth-order valence-corrected chi connectivity index (χ4v) is 4.77. The maximum Gasteiger partial charge on any atom is 0.407 e. The van der Waals surface area contributed by atoms with E-state index in [4.69, 9.17) is 4.74 Å². The molecule has 0 bridgehead atoms. The monoisotopic (exact) mass is 576 g/mol. The zero-order chi connectivity index (χ0) is 30.5. The number of aliphatic hydroxyl groups excluding tert-OH is 1. The van der Waals surface area contributed by atoms with E-state index in [2.05, 4.69) is 20.9 Å². The molecule has 2 aromatic carbocycles. The number of hydrogen-bond acceptors (Lipinski definition) is 6. The van der Waals surface area contributed by atoms with Gasteiger partial charge in [-0.1, -0.05) is 80.9 Å². The van der Waals surface area contributed by atoms with Crippen molar-refractivity contribution in [1.29, 1.82) is 0 Å². The molecule has 0 spiro atoms. The van der Waals surface area contributed by atoms with Gasteiger partial charge in [-0.25, -0.2) is 9.59 Å². The summed E-state index contributed by atoms with van der Waals surface area (Å²) in [6.07, 6.45) is -0.0260. The van der Waals surface area contributed by atoms with Gasteiger partial charge in [-0.15, -0.1) is 0 Å². The number of aliphatic hydroxyl groups is 1. The van der Waals surface area contributed by atoms with E-state index in [9.17, 15) is 24.6 Å². The Morgan fingerprint density at radius 1 is 0.881 bits per heavy atom. The summed E-state index contributed by atoms with van der Waals surface area (Å²) in [5, 5.41) is 28.8. The molecule has 0 saturated heterocycles. The fraction of sp³-hybridized carbons (Fsp3) is 0.375. The first-order chi connectivity index (χ1) is 20.2. The normalized spacial score (nSPS) is 14.5.